The van der Waals surface area contributed by atoms with Crippen molar-refractivity contribution in [3.05, 3.63) is 77.6 Å². The van der Waals surface area contributed by atoms with Crippen molar-refractivity contribution in [2.24, 2.45) is 0 Å². The second kappa shape index (κ2) is 8.68. The van der Waals surface area contributed by atoms with Crippen LogP contribution in [-0.4, -0.2) is 40.2 Å². The van der Waals surface area contributed by atoms with Crippen LogP contribution in [0.4, 0.5) is 0 Å². The van der Waals surface area contributed by atoms with E-state index in [9.17, 15) is 9.90 Å². The molecule has 4 nitrogen and oxygen atoms in total. The summed E-state index contributed by atoms with van der Waals surface area (Å²) in [6.45, 7) is 5.42. The first-order valence-corrected chi connectivity index (χ1v) is 9.24. The van der Waals surface area contributed by atoms with Gasteiger partial charge in [-0.25, -0.2) is 4.79 Å². The highest BCUT2D eigenvalue weighted by molar-refractivity contribution is 5.87. The van der Waals surface area contributed by atoms with Crippen molar-refractivity contribution >= 4 is 11.5 Å². The van der Waals surface area contributed by atoms with E-state index in [0.29, 0.717) is 12.1 Å². The molecule has 4 heteroatoms. The summed E-state index contributed by atoms with van der Waals surface area (Å²) in [5.74, 6) is -0.795. The summed E-state index contributed by atoms with van der Waals surface area (Å²) in [5, 5.41) is 9.19. The smallest absolute Gasteiger partial charge is 0.332 e. The first-order chi connectivity index (χ1) is 12.7. The molecular weight excluding hydrogens is 324 g/mol. The van der Waals surface area contributed by atoms with Crippen LogP contribution in [0.15, 0.2) is 66.4 Å². The zero-order chi connectivity index (χ0) is 18.4. The Bertz CT molecular complexity index is 803. The molecule has 0 amide bonds. The lowest BCUT2D eigenvalue weighted by atomic mass is 10.0. The summed E-state index contributed by atoms with van der Waals surface area (Å²) in [5.41, 5.74) is 4.20. The molecule has 0 radical (unpaired) electrons. The van der Waals surface area contributed by atoms with Crippen LogP contribution in [0.3, 0.4) is 0 Å². The lowest BCUT2D eigenvalue weighted by Gasteiger charge is -2.25. The topological polar surface area (TPSA) is 45.5 Å². The van der Waals surface area contributed by atoms with Gasteiger partial charge in [-0.2, -0.15) is 0 Å². The van der Waals surface area contributed by atoms with Crippen molar-refractivity contribution in [3.8, 4) is 0 Å². The van der Waals surface area contributed by atoms with E-state index >= 15 is 0 Å². The number of aliphatic carboxylic acids is 1. The maximum atomic E-state index is 11.2. The van der Waals surface area contributed by atoms with Gasteiger partial charge >= 0.3 is 5.97 Å². The van der Waals surface area contributed by atoms with Gasteiger partial charge in [0.1, 0.15) is 0 Å². The first kappa shape index (κ1) is 18.2. The molecule has 1 aromatic heterocycles. The predicted molar refractivity (Wildman–Crippen MR) is 105 cm³/mol. The van der Waals surface area contributed by atoms with Gasteiger partial charge in [0.15, 0.2) is 0 Å². The Balaban J connectivity index is 1.76. The summed E-state index contributed by atoms with van der Waals surface area (Å²) in [7, 11) is 0. The molecule has 0 fully saturated rings. The molecule has 3 rings (SSSR count). The van der Waals surface area contributed by atoms with E-state index in [0.717, 1.165) is 32.5 Å². The third-order valence-electron chi connectivity index (χ3n) is 4.83. The van der Waals surface area contributed by atoms with Gasteiger partial charge in [0.2, 0.25) is 0 Å². The predicted octanol–water partition coefficient (Wildman–Crippen LogP) is 4.05. The number of aryl methyl sites for hydroxylation is 1. The molecular formula is C22H26N2O2. The minimum absolute atomic E-state index is 0.517. The number of hydrogen-bond acceptors (Lipinski definition) is 2. The molecule has 1 aromatic carbocycles. The van der Waals surface area contributed by atoms with Crippen molar-refractivity contribution in [2.45, 2.75) is 26.3 Å². The Morgan fingerprint density at radius 2 is 2.00 bits per heavy atom. The number of nitrogens with zero attached hydrogens (tertiary/aromatic N) is 2. The molecule has 1 N–H and O–H groups in total. The van der Waals surface area contributed by atoms with E-state index in [4.69, 9.17) is 0 Å². The van der Waals surface area contributed by atoms with Crippen molar-refractivity contribution in [1.29, 1.82) is 0 Å². The number of hydrogen-bond donors (Lipinski definition) is 1. The second-order valence-corrected chi connectivity index (χ2v) is 6.55. The third-order valence-corrected chi connectivity index (χ3v) is 4.83. The number of aromatic nitrogens is 1. The molecule has 0 spiro atoms. The van der Waals surface area contributed by atoms with Gasteiger partial charge in [-0.15, -0.1) is 0 Å². The van der Waals surface area contributed by atoms with E-state index in [1.165, 1.54) is 16.8 Å². The second-order valence-electron chi connectivity index (χ2n) is 6.55. The first-order valence-electron chi connectivity index (χ1n) is 9.24. The highest BCUT2D eigenvalue weighted by atomic mass is 16.4. The minimum atomic E-state index is -0.795. The summed E-state index contributed by atoms with van der Waals surface area (Å²) in [6, 6.07) is 14.7. The number of rotatable bonds is 7. The SMILES string of the molecule is CCn1cccc1C(=CCCN1CCC=C(C(=O)O)C1)c1ccccc1. The molecule has 0 atom stereocenters. The standard InChI is InChI=1S/C22H26N2O2/c1-2-24-16-8-13-21(24)20(18-9-4-3-5-10-18)12-7-15-23-14-6-11-19(17-23)22(25)26/h3-5,8-13,16H,2,6-7,14-15,17H2,1H3,(H,25,26). The zero-order valence-electron chi connectivity index (χ0n) is 15.3. The van der Waals surface area contributed by atoms with Gasteiger partial charge < -0.3 is 9.67 Å². The quantitative estimate of drug-likeness (QED) is 0.819. The molecule has 136 valence electrons. The van der Waals surface area contributed by atoms with Crippen LogP contribution in [0.5, 0.6) is 0 Å². The van der Waals surface area contributed by atoms with E-state index in [-0.39, 0.29) is 0 Å². The zero-order valence-corrected chi connectivity index (χ0v) is 15.3. The molecule has 2 heterocycles. The lowest BCUT2D eigenvalue weighted by Crippen LogP contribution is -2.32. The van der Waals surface area contributed by atoms with Crippen LogP contribution in [-0.2, 0) is 11.3 Å². The van der Waals surface area contributed by atoms with E-state index in [1.807, 2.05) is 12.1 Å². The van der Waals surface area contributed by atoms with Crippen LogP contribution in [0, 0.1) is 0 Å². The summed E-state index contributed by atoms with van der Waals surface area (Å²) >= 11 is 0. The Morgan fingerprint density at radius 3 is 2.73 bits per heavy atom. The van der Waals surface area contributed by atoms with Gasteiger partial charge in [0.05, 0.1) is 0 Å². The summed E-state index contributed by atoms with van der Waals surface area (Å²) in [4.78, 5) is 13.4. The molecule has 0 aliphatic carbocycles. The average molecular weight is 350 g/mol. The molecule has 0 unspecified atom stereocenters. The van der Waals surface area contributed by atoms with Crippen molar-refractivity contribution in [3.63, 3.8) is 0 Å². The highest BCUT2D eigenvalue weighted by Crippen LogP contribution is 2.25. The maximum absolute atomic E-state index is 11.2. The van der Waals surface area contributed by atoms with Crippen molar-refractivity contribution < 1.29 is 9.90 Å². The van der Waals surface area contributed by atoms with Gasteiger partial charge in [-0.05, 0) is 37.5 Å². The highest BCUT2D eigenvalue weighted by Gasteiger charge is 2.17. The number of carboxylic acid groups (broad SMARTS) is 1. The molecule has 26 heavy (non-hydrogen) atoms. The molecule has 0 saturated carbocycles. The van der Waals surface area contributed by atoms with Crippen LogP contribution >= 0.6 is 0 Å². The van der Waals surface area contributed by atoms with Gasteiger partial charge in [-0.1, -0.05) is 42.5 Å². The monoisotopic (exact) mass is 350 g/mol. The molecule has 1 aliphatic heterocycles. The Kier molecular flexibility index (Phi) is 6.08. The average Bonchev–Trinajstić information content (AvgIpc) is 3.14. The van der Waals surface area contributed by atoms with Crippen LogP contribution in [0.25, 0.3) is 5.57 Å². The van der Waals surface area contributed by atoms with Gasteiger partial charge in [-0.3, -0.25) is 4.90 Å². The number of carbonyl (C=O) groups is 1. The summed E-state index contributed by atoms with van der Waals surface area (Å²) in [6.07, 6.45) is 7.95. The molecule has 1 aliphatic rings. The van der Waals surface area contributed by atoms with E-state index in [2.05, 4.69) is 65.1 Å². The van der Waals surface area contributed by atoms with Crippen molar-refractivity contribution in [2.75, 3.05) is 19.6 Å². The minimum Gasteiger partial charge on any atom is -0.478 e. The maximum Gasteiger partial charge on any atom is 0.332 e. The fourth-order valence-electron chi connectivity index (χ4n) is 3.47. The van der Waals surface area contributed by atoms with Gasteiger partial charge in [0, 0.05) is 49.2 Å². The normalized spacial score (nSPS) is 15.7. The van der Waals surface area contributed by atoms with Gasteiger partial charge in [0.25, 0.3) is 0 Å². The fraction of sp³-hybridized carbons (Fsp3) is 0.318. The Hall–Kier alpha value is -2.59. The molecule has 2 aromatic rings. The third kappa shape index (κ3) is 4.33. The fourth-order valence-corrected chi connectivity index (χ4v) is 3.47. The number of carboxylic acids is 1. The van der Waals surface area contributed by atoms with E-state index < -0.39 is 5.97 Å². The Morgan fingerprint density at radius 1 is 1.19 bits per heavy atom. The van der Waals surface area contributed by atoms with E-state index in [1.54, 1.807) is 0 Å². The molecule has 0 saturated heterocycles. The largest absolute Gasteiger partial charge is 0.478 e. The van der Waals surface area contributed by atoms with Crippen LogP contribution in [0.2, 0.25) is 0 Å². The van der Waals surface area contributed by atoms with Crippen molar-refractivity contribution in [1.82, 2.24) is 9.47 Å². The number of benzene rings is 1. The lowest BCUT2D eigenvalue weighted by molar-refractivity contribution is -0.133. The molecule has 0 bridgehead atoms. The van der Waals surface area contributed by atoms with Crippen LogP contribution < -0.4 is 0 Å². The van der Waals surface area contributed by atoms with Crippen LogP contribution in [0.1, 0.15) is 31.0 Å². The summed E-state index contributed by atoms with van der Waals surface area (Å²) < 4.78 is 2.25. The Labute approximate surface area is 155 Å².